The molecule has 6 heteroatoms. The van der Waals surface area contributed by atoms with E-state index in [0.717, 1.165) is 0 Å². The number of ether oxygens (including phenoxy) is 2. The average Bonchev–Trinajstić information content (AvgIpc) is 2.53. The normalized spacial score (nSPS) is 10.0. The number of esters is 2. The monoisotopic (exact) mass is 289 g/mol. The molecule has 0 saturated heterocycles. The first-order valence-corrected chi connectivity index (χ1v) is 6.00. The molecule has 108 valence electrons. The fourth-order valence-electron chi connectivity index (χ4n) is 1.80. The second-order valence-corrected chi connectivity index (χ2v) is 4.09. The summed E-state index contributed by atoms with van der Waals surface area (Å²) in [5, 5.41) is 0. The van der Waals surface area contributed by atoms with E-state index in [2.05, 4.69) is 14.5 Å². The van der Waals surface area contributed by atoms with E-state index in [1.807, 2.05) is 0 Å². The Hall–Kier alpha value is -2.76. The molecule has 1 aromatic heterocycles. The highest BCUT2D eigenvalue weighted by atomic mass is 19.1. The Morgan fingerprint density at radius 2 is 1.52 bits per heavy atom. The number of aromatic nitrogens is 1. The van der Waals surface area contributed by atoms with E-state index in [-0.39, 0.29) is 17.0 Å². The summed E-state index contributed by atoms with van der Waals surface area (Å²) in [6.07, 6.45) is 0. The van der Waals surface area contributed by atoms with Gasteiger partial charge in [-0.1, -0.05) is 18.2 Å². The van der Waals surface area contributed by atoms with Gasteiger partial charge in [0.1, 0.15) is 17.2 Å². The lowest BCUT2D eigenvalue weighted by atomic mass is 10.0. The predicted octanol–water partition coefficient (Wildman–Crippen LogP) is 2.46. The lowest BCUT2D eigenvalue weighted by Crippen LogP contribution is -2.11. The van der Waals surface area contributed by atoms with Gasteiger partial charge in [0.2, 0.25) is 0 Å². The molecule has 0 N–H and O–H groups in total. The highest BCUT2D eigenvalue weighted by Gasteiger charge is 2.17. The van der Waals surface area contributed by atoms with Gasteiger partial charge >= 0.3 is 11.9 Å². The standard InChI is InChI=1S/C15H12FNO4/c1-20-14(18)12-7-9(8-13(17-12)15(19)21-2)10-5-3-4-6-11(10)16/h3-8H,1-2H3. The second kappa shape index (κ2) is 6.13. The van der Waals surface area contributed by atoms with Gasteiger partial charge in [0.25, 0.3) is 0 Å². The van der Waals surface area contributed by atoms with Crippen LogP contribution in [0.25, 0.3) is 11.1 Å². The fourth-order valence-corrected chi connectivity index (χ4v) is 1.80. The van der Waals surface area contributed by atoms with Gasteiger partial charge in [0.05, 0.1) is 14.2 Å². The van der Waals surface area contributed by atoms with Crippen molar-refractivity contribution >= 4 is 11.9 Å². The Morgan fingerprint density at radius 3 is 2.00 bits per heavy atom. The van der Waals surface area contributed by atoms with Gasteiger partial charge in [0, 0.05) is 5.56 Å². The molecule has 0 saturated carbocycles. The summed E-state index contributed by atoms with van der Waals surface area (Å²) < 4.78 is 23.0. The fraction of sp³-hybridized carbons (Fsp3) is 0.133. The number of halogens is 1. The second-order valence-electron chi connectivity index (χ2n) is 4.09. The van der Waals surface area contributed by atoms with Gasteiger partial charge in [0.15, 0.2) is 0 Å². The highest BCUT2D eigenvalue weighted by Crippen LogP contribution is 2.24. The number of hydrogen-bond acceptors (Lipinski definition) is 5. The van der Waals surface area contributed by atoms with Crippen LogP contribution in [0.4, 0.5) is 4.39 Å². The van der Waals surface area contributed by atoms with Gasteiger partial charge in [-0.3, -0.25) is 0 Å². The molecule has 0 aliphatic rings. The maximum Gasteiger partial charge on any atom is 0.356 e. The van der Waals surface area contributed by atoms with Crippen molar-refractivity contribution in [1.29, 1.82) is 0 Å². The Balaban J connectivity index is 2.63. The van der Waals surface area contributed by atoms with Crippen molar-refractivity contribution in [2.75, 3.05) is 14.2 Å². The van der Waals surface area contributed by atoms with Crippen molar-refractivity contribution in [3.8, 4) is 11.1 Å². The van der Waals surface area contributed by atoms with E-state index in [1.165, 1.54) is 38.5 Å². The van der Waals surface area contributed by atoms with Crippen LogP contribution >= 0.6 is 0 Å². The Bertz CT molecular complexity index is 666. The Labute approximate surface area is 120 Å². The van der Waals surface area contributed by atoms with E-state index in [9.17, 15) is 14.0 Å². The third-order valence-electron chi connectivity index (χ3n) is 2.80. The van der Waals surface area contributed by atoms with Gasteiger partial charge in [-0.2, -0.15) is 0 Å². The van der Waals surface area contributed by atoms with Gasteiger partial charge in [-0.25, -0.2) is 19.0 Å². The molecule has 0 radical (unpaired) electrons. The molecule has 0 aliphatic carbocycles. The maximum atomic E-state index is 13.9. The van der Waals surface area contributed by atoms with Crippen molar-refractivity contribution in [3.63, 3.8) is 0 Å². The van der Waals surface area contributed by atoms with Gasteiger partial charge in [-0.05, 0) is 23.8 Å². The number of nitrogens with zero attached hydrogens (tertiary/aromatic N) is 1. The molecular formula is C15H12FNO4. The molecule has 0 unspecified atom stereocenters. The van der Waals surface area contributed by atoms with Crippen LogP contribution in [0.1, 0.15) is 21.0 Å². The zero-order valence-corrected chi connectivity index (χ0v) is 11.4. The maximum absolute atomic E-state index is 13.9. The third-order valence-corrected chi connectivity index (χ3v) is 2.80. The highest BCUT2D eigenvalue weighted by molar-refractivity contribution is 5.94. The number of pyridine rings is 1. The van der Waals surface area contributed by atoms with E-state index in [4.69, 9.17) is 0 Å². The van der Waals surface area contributed by atoms with Crippen molar-refractivity contribution in [3.05, 3.63) is 53.6 Å². The minimum Gasteiger partial charge on any atom is -0.464 e. The van der Waals surface area contributed by atoms with Crippen LogP contribution in [0.3, 0.4) is 0 Å². The average molecular weight is 289 g/mol. The van der Waals surface area contributed by atoms with Crippen LogP contribution in [0.5, 0.6) is 0 Å². The zero-order valence-electron chi connectivity index (χ0n) is 11.4. The van der Waals surface area contributed by atoms with Crippen LogP contribution in [-0.2, 0) is 9.47 Å². The third kappa shape index (κ3) is 3.05. The molecule has 0 bridgehead atoms. The first-order chi connectivity index (χ1) is 10.1. The molecular weight excluding hydrogens is 277 g/mol. The van der Waals surface area contributed by atoms with Crippen LogP contribution in [0, 0.1) is 5.82 Å². The molecule has 2 aromatic rings. The number of benzene rings is 1. The summed E-state index contributed by atoms with van der Waals surface area (Å²) in [6.45, 7) is 0. The summed E-state index contributed by atoms with van der Waals surface area (Å²) in [4.78, 5) is 27.1. The van der Waals surface area contributed by atoms with E-state index < -0.39 is 17.8 Å². The molecule has 0 atom stereocenters. The van der Waals surface area contributed by atoms with Crippen molar-refractivity contribution < 1.29 is 23.5 Å². The van der Waals surface area contributed by atoms with Crippen molar-refractivity contribution in [1.82, 2.24) is 4.98 Å². The van der Waals surface area contributed by atoms with Crippen LogP contribution in [0.15, 0.2) is 36.4 Å². The SMILES string of the molecule is COC(=O)c1cc(-c2ccccc2F)cc(C(=O)OC)n1. The Kier molecular flexibility index (Phi) is 4.27. The first-order valence-electron chi connectivity index (χ1n) is 6.00. The Morgan fingerprint density at radius 1 is 1.00 bits per heavy atom. The summed E-state index contributed by atoms with van der Waals surface area (Å²) in [5.74, 6) is -1.92. The molecule has 0 aliphatic heterocycles. The number of carbonyl (C=O) groups is 2. The van der Waals surface area contributed by atoms with E-state index >= 15 is 0 Å². The van der Waals surface area contributed by atoms with Crippen LogP contribution in [-0.4, -0.2) is 31.1 Å². The van der Waals surface area contributed by atoms with E-state index in [1.54, 1.807) is 12.1 Å². The number of carbonyl (C=O) groups excluding carboxylic acids is 2. The minimum absolute atomic E-state index is 0.0985. The van der Waals surface area contributed by atoms with Crippen LogP contribution in [0.2, 0.25) is 0 Å². The summed E-state index contributed by atoms with van der Waals surface area (Å²) in [7, 11) is 2.38. The lowest BCUT2D eigenvalue weighted by Gasteiger charge is -2.08. The van der Waals surface area contributed by atoms with Crippen molar-refractivity contribution in [2.45, 2.75) is 0 Å². The molecule has 0 fully saturated rings. The zero-order chi connectivity index (χ0) is 15.4. The first kappa shape index (κ1) is 14.6. The molecule has 0 spiro atoms. The number of methoxy groups -OCH3 is 2. The summed E-state index contributed by atoms with van der Waals surface area (Å²) in [5.41, 5.74) is 0.386. The van der Waals surface area contributed by atoms with Gasteiger partial charge in [-0.15, -0.1) is 0 Å². The number of hydrogen-bond donors (Lipinski definition) is 0. The minimum atomic E-state index is -0.724. The van der Waals surface area contributed by atoms with Crippen LogP contribution < -0.4 is 0 Å². The largest absolute Gasteiger partial charge is 0.464 e. The van der Waals surface area contributed by atoms with E-state index in [0.29, 0.717) is 5.56 Å². The summed E-state index contributed by atoms with van der Waals surface area (Å²) >= 11 is 0. The van der Waals surface area contributed by atoms with Gasteiger partial charge < -0.3 is 9.47 Å². The molecule has 0 amide bonds. The quantitative estimate of drug-likeness (QED) is 0.812. The molecule has 2 rings (SSSR count). The molecule has 1 aromatic carbocycles. The number of rotatable bonds is 3. The predicted molar refractivity (Wildman–Crippen MR) is 72.3 cm³/mol. The van der Waals surface area contributed by atoms with Crippen molar-refractivity contribution in [2.24, 2.45) is 0 Å². The molecule has 21 heavy (non-hydrogen) atoms. The molecule has 5 nitrogen and oxygen atoms in total. The topological polar surface area (TPSA) is 65.5 Å². The summed E-state index contributed by atoms with van der Waals surface area (Å²) in [6, 6.07) is 8.72. The smallest absolute Gasteiger partial charge is 0.356 e. The molecule has 1 heterocycles. The lowest BCUT2D eigenvalue weighted by molar-refractivity contribution is 0.0586.